The van der Waals surface area contributed by atoms with E-state index < -0.39 is 0 Å². The number of rotatable bonds is 7. The topological polar surface area (TPSA) is 74.3 Å². The number of hydrogen-bond acceptors (Lipinski definition) is 5. The number of nitrogens with zero attached hydrogens (tertiary/aromatic N) is 2. The van der Waals surface area contributed by atoms with Gasteiger partial charge in [0.05, 0.1) is 6.04 Å². The highest BCUT2D eigenvalue weighted by Crippen LogP contribution is 2.07. The molecule has 1 aromatic rings. The average molecular weight is 228 g/mol. The maximum atomic E-state index is 5.47. The van der Waals surface area contributed by atoms with Crippen molar-refractivity contribution in [3.63, 3.8) is 0 Å². The molecule has 92 valence electrons. The maximum Gasteiger partial charge on any atom is 0.173 e. The second-order valence-corrected chi connectivity index (χ2v) is 3.61. The van der Waals surface area contributed by atoms with Gasteiger partial charge in [0.25, 0.3) is 0 Å². The van der Waals surface area contributed by atoms with E-state index in [1.807, 2.05) is 17.8 Å². The van der Waals surface area contributed by atoms with Gasteiger partial charge in [-0.15, -0.1) is 0 Å². The van der Waals surface area contributed by atoms with E-state index in [0.717, 1.165) is 18.7 Å². The van der Waals surface area contributed by atoms with Gasteiger partial charge in [-0.3, -0.25) is 11.3 Å². The van der Waals surface area contributed by atoms with Crippen LogP contribution in [-0.4, -0.2) is 36.1 Å². The van der Waals surface area contributed by atoms with Gasteiger partial charge in [-0.1, -0.05) is 0 Å². The molecule has 1 atom stereocenters. The predicted molar refractivity (Wildman–Crippen MR) is 60.4 cm³/mol. The molecule has 0 aliphatic carbocycles. The van der Waals surface area contributed by atoms with Crippen LogP contribution >= 0.6 is 0 Å². The molecule has 0 aliphatic heterocycles. The highest BCUT2D eigenvalue weighted by Gasteiger charge is 2.19. The standard InChI is InChI=1S/C10H20N4O2/c1-14-7-6-12-9(14)5-4-8(13-11)10(15-2)16-3/h6-8,10,13H,4-5,11H2,1-3H3. The minimum atomic E-state index is -0.342. The quantitative estimate of drug-likeness (QED) is 0.384. The summed E-state index contributed by atoms with van der Waals surface area (Å²) in [5.74, 6) is 6.48. The number of nitrogens with one attached hydrogen (secondary N) is 1. The summed E-state index contributed by atoms with van der Waals surface area (Å²) in [7, 11) is 5.16. The Kier molecular flexibility index (Phi) is 5.41. The molecule has 3 N–H and O–H groups in total. The first-order valence-electron chi connectivity index (χ1n) is 5.20. The smallest absolute Gasteiger partial charge is 0.173 e. The Bertz CT molecular complexity index is 299. The van der Waals surface area contributed by atoms with Gasteiger partial charge in [-0.2, -0.15) is 0 Å². The van der Waals surface area contributed by atoms with E-state index in [4.69, 9.17) is 15.3 Å². The number of aromatic nitrogens is 2. The molecule has 0 spiro atoms. The van der Waals surface area contributed by atoms with Crippen molar-refractivity contribution in [1.29, 1.82) is 0 Å². The Morgan fingerprint density at radius 2 is 2.19 bits per heavy atom. The molecule has 1 heterocycles. The largest absolute Gasteiger partial charge is 0.354 e. The molecular weight excluding hydrogens is 208 g/mol. The predicted octanol–water partition coefficient (Wildman–Crippen LogP) is -0.196. The molecule has 1 rings (SSSR count). The number of ether oxygens (including phenoxy) is 2. The van der Waals surface area contributed by atoms with Crippen molar-refractivity contribution in [1.82, 2.24) is 15.0 Å². The van der Waals surface area contributed by atoms with Crippen molar-refractivity contribution in [2.45, 2.75) is 25.2 Å². The number of aryl methyl sites for hydroxylation is 2. The van der Waals surface area contributed by atoms with Gasteiger partial charge >= 0.3 is 0 Å². The monoisotopic (exact) mass is 228 g/mol. The molecule has 1 aromatic heterocycles. The second kappa shape index (κ2) is 6.59. The third kappa shape index (κ3) is 3.28. The van der Waals surface area contributed by atoms with E-state index in [9.17, 15) is 0 Å². The summed E-state index contributed by atoms with van der Waals surface area (Å²) >= 11 is 0. The molecule has 6 heteroatoms. The van der Waals surface area contributed by atoms with E-state index in [0.29, 0.717) is 0 Å². The normalized spacial score (nSPS) is 13.3. The van der Waals surface area contributed by atoms with Crippen molar-refractivity contribution in [3.8, 4) is 0 Å². The number of imidazole rings is 1. The van der Waals surface area contributed by atoms with Crippen molar-refractivity contribution < 1.29 is 9.47 Å². The fraction of sp³-hybridized carbons (Fsp3) is 0.700. The Morgan fingerprint density at radius 1 is 1.50 bits per heavy atom. The van der Waals surface area contributed by atoms with Crippen molar-refractivity contribution in [2.24, 2.45) is 12.9 Å². The van der Waals surface area contributed by atoms with Gasteiger partial charge in [0.1, 0.15) is 5.82 Å². The average Bonchev–Trinajstić information content (AvgIpc) is 2.70. The Hall–Kier alpha value is -0.950. The van der Waals surface area contributed by atoms with Crippen LogP contribution in [0.4, 0.5) is 0 Å². The van der Waals surface area contributed by atoms with Crippen LogP contribution in [0.15, 0.2) is 12.4 Å². The van der Waals surface area contributed by atoms with Gasteiger partial charge in [-0.25, -0.2) is 4.98 Å². The Morgan fingerprint density at radius 3 is 2.62 bits per heavy atom. The molecule has 0 amide bonds. The lowest BCUT2D eigenvalue weighted by molar-refractivity contribution is -0.124. The van der Waals surface area contributed by atoms with Gasteiger partial charge < -0.3 is 14.0 Å². The highest BCUT2D eigenvalue weighted by atomic mass is 16.7. The van der Waals surface area contributed by atoms with Crippen LogP contribution in [0.2, 0.25) is 0 Å². The molecule has 0 fully saturated rings. The van der Waals surface area contributed by atoms with Crippen LogP contribution in [0.3, 0.4) is 0 Å². The van der Waals surface area contributed by atoms with E-state index in [1.165, 1.54) is 0 Å². The van der Waals surface area contributed by atoms with E-state index >= 15 is 0 Å². The van der Waals surface area contributed by atoms with Crippen molar-refractivity contribution in [3.05, 3.63) is 18.2 Å². The summed E-state index contributed by atoms with van der Waals surface area (Å²) in [6.07, 6.45) is 4.98. The van der Waals surface area contributed by atoms with Crippen LogP contribution in [0.1, 0.15) is 12.2 Å². The van der Waals surface area contributed by atoms with E-state index in [2.05, 4.69) is 10.4 Å². The first kappa shape index (κ1) is 13.1. The summed E-state index contributed by atoms with van der Waals surface area (Å²) in [4.78, 5) is 4.25. The molecule has 0 saturated carbocycles. The minimum absolute atomic E-state index is 0.0494. The fourth-order valence-corrected chi connectivity index (χ4v) is 1.64. The summed E-state index contributed by atoms with van der Waals surface area (Å²) in [6, 6.07) is -0.0494. The minimum Gasteiger partial charge on any atom is -0.354 e. The Balaban J connectivity index is 2.48. The molecule has 16 heavy (non-hydrogen) atoms. The first-order chi connectivity index (χ1) is 7.72. The molecule has 0 aliphatic rings. The van der Waals surface area contributed by atoms with Crippen LogP contribution in [0, 0.1) is 0 Å². The molecule has 0 aromatic carbocycles. The summed E-state index contributed by atoms with van der Waals surface area (Å²) in [6.45, 7) is 0. The number of methoxy groups -OCH3 is 2. The molecule has 6 nitrogen and oxygen atoms in total. The Labute approximate surface area is 95.7 Å². The number of hydrogen-bond donors (Lipinski definition) is 2. The number of nitrogens with two attached hydrogens (primary N) is 1. The van der Waals surface area contributed by atoms with Crippen LogP contribution in [-0.2, 0) is 22.9 Å². The first-order valence-corrected chi connectivity index (χ1v) is 5.20. The molecular formula is C10H20N4O2. The summed E-state index contributed by atoms with van der Waals surface area (Å²) < 4.78 is 12.3. The van der Waals surface area contributed by atoms with Crippen molar-refractivity contribution in [2.75, 3.05) is 14.2 Å². The van der Waals surface area contributed by atoms with Gasteiger partial charge in [0.2, 0.25) is 0 Å². The third-order valence-electron chi connectivity index (χ3n) is 2.61. The molecule has 0 radical (unpaired) electrons. The van der Waals surface area contributed by atoms with Crippen LogP contribution in [0.25, 0.3) is 0 Å². The van der Waals surface area contributed by atoms with Crippen LogP contribution < -0.4 is 11.3 Å². The van der Waals surface area contributed by atoms with E-state index in [1.54, 1.807) is 20.4 Å². The molecule has 0 saturated heterocycles. The van der Waals surface area contributed by atoms with Gasteiger partial charge in [0.15, 0.2) is 6.29 Å². The highest BCUT2D eigenvalue weighted by molar-refractivity contribution is 4.92. The number of hydrazine groups is 1. The third-order valence-corrected chi connectivity index (χ3v) is 2.61. The second-order valence-electron chi connectivity index (χ2n) is 3.61. The summed E-state index contributed by atoms with van der Waals surface area (Å²) in [5, 5.41) is 0. The fourth-order valence-electron chi connectivity index (χ4n) is 1.64. The SMILES string of the molecule is COC(OC)C(CCc1nccn1C)NN. The van der Waals surface area contributed by atoms with Gasteiger partial charge in [-0.05, 0) is 6.42 Å². The van der Waals surface area contributed by atoms with E-state index in [-0.39, 0.29) is 12.3 Å². The molecule has 0 bridgehead atoms. The lowest BCUT2D eigenvalue weighted by atomic mass is 10.1. The van der Waals surface area contributed by atoms with Crippen LogP contribution in [0.5, 0.6) is 0 Å². The zero-order valence-corrected chi connectivity index (χ0v) is 10.0. The zero-order valence-electron chi connectivity index (χ0n) is 10.0. The zero-order chi connectivity index (χ0) is 12.0. The lowest BCUT2D eigenvalue weighted by Crippen LogP contribution is -2.46. The maximum absolute atomic E-state index is 5.47. The summed E-state index contributed by atoms with van der Waals surface area (Å²) in [5.41, 5.74) is 2.70. The lowest BCUT2D eigenvalue weighted by Gasteiger charge is -2.23. The van der Waals surface area contributed by atoms with Gasteiger partial charge in [0, 0.05) is 40.1 Å². The van der Waals surface area contributed by atoms with Crippen molar-refractivity contribution >= 4 is 0 Å². The molecule has 1 unspecified atom stereocenters.